The molecule has 0 saturated heterocycles. The maximum absolute atomic E-state index is 13.5. The van der Waals surface area contributed by atoms with Crippen molar-refractivity contribution in [2.75, 3.05) is 32.1 Å². The fourth-order valence-corrected chi connectivity index (χ4v) is 4.31. The normalized spacial score (nSPS) is 11.1. The molecule has 3 rings (SSSR count). The first-order chi connectivity index (χ1) is 13.3. The molecule has 0 atom stereocenters. The lowest BCUT2D eigenvalue weighted by molar-refractivity contribution is 0.0975. The van der Waals surface area contributed by atoms with Crippen LogP contribution in [0.25, 0.3) is 10.2 Å². The minimum Gasteiger partial charge on any atom is -0.309 e. The number of amides is 1. The molecule has 29 heavy (non-hydrogen) atoms. The average Bonchev–Trinajstić information content (AvgIpc) is 3.25. The van der Waals surface area contributed by atoms with E-state index in [9.17, 15) is 4.79 Å². The van der Waals surface area contributed by atoms with E-state index in [-0.39, 0.29) is 18.3 Å². The maximum atomic E-state index is 13.5. The van der Waals surface area contributed by atoms with E-state index in [0.717, 1.165) is 34.0 Å². The van der Waals surface area contributed by atoms with Crippen LogP contribution in [0, 0.1) is 20.8 Å². The van der Waals surface area contributed by atoms with Crippen LogP contribution in [-0.2, 0) is 6.54 Å². The lowest BCUT2D eigenvalue weighted by atomic mass is 10.1. The van der Waals surface area contributed by atoms with E-state index in [1.54, 1.807) is 16.0 Å². The minimum atomic E-state index is -0.0327. The Kier molecular flexibility index (Phi) is 7.80. The van der Waals surface area contributed by atoms with Gasteiger partial charge in [-0.25, -0.2) is 4.98 Å². The van der Waals surface area contributed by atoms with E-state index in [4.69, 9.17) is 4.98 Å². The first-order valence-corrected chi connectivity index (χ1v) is 10.5. The number of aromatic nitrogens is 3. The van der Waals surface area contributed by atoms with Crippen molar-refractivity contribution in [1.82, 2.24) is 19.7 Å². The van der Waals surface area contributed by atoms with Crippen LogP contribution in [0.15, 0.2) is 18.2 Å². The van der Waals surface area contributed by atoms with Gasteiger partial charge in [-0.1, -0.05) is 17.4 Å². The minimum absolute atomic E-state index is 0. The van der Waals surface area contributed by atoms with E-state index in [1.165, 1.54) is 11.1 Å². The highest BCUT2D eigenvalue weighted by Gasteiger charge is 2.25. The molecule has 2 aromatic heterocycles. The Morgan fingerprint density at radius 3 is 2.55 bits per heavy atom. The number of nitrogens with zero attached hydrogens (tertiary/aromatic N) is 5. The van der Waals surface area contributed by atoms with Crippen molar-refractivity contribution in [2.45, 2.75) is 40.7 Å². The van der Waals surface area contributed by atoms with Crippen LogP contribution in [0.3, 0.4) is 0 Å². The number of benzene rings is 1. The Morgan fingerprint density at radius 1 is 1.17 bits per heavy atom. The number of carbonyl (C=O) groups is 1. The summed E-state index contributed by atoms with van der Waals surface area (Å²) in [6.45, 7) is 10.3. The largest absolute Gasteiger partial charge is 0.309 e. The Morgan fingerprint density at radius 2 is 1.90 bits per heavy atom. The van der Waals surface area contributed by atoms with Gasteiger partial charge in [0.2, 0.25) is 0 Å². The number of hydrogen-bond acceptors (Lipinski definition) is 5. The van der Waals surface area contributed by atoms with Crippen LogP contribution in [-0.4, -0.2) is 52.8 Å². The van der Waals surface area contributed by atoms with Gasteiger partial charge in [0.05, 0.1) is 15.9 Å². The number of thiazole rings is 1. The molecule has 158 valence electrons. The number of rotatable bonds is 7. The van der Waals surface area contributed by atoms with Gasteiger partial charge in [0, 0.05) is 13.1 Å². The van der Waals surface area contributed by atoms with Gasteiger partial charge < -0.3 is 4.90 Å². The molecule has 0 radical (unpaired) electrons. The monoisotopic (exact) mass is 435 g/mol. The molecule has 0 saturated carbocycles. The predicted molar refractivity (Wildman–Crippen MR) is 124 cm³/mol. The second kappa shape index (κ2) is 9.69. The average molecular weight is 436 g/mol. The fraction of sp³-hybridized carbons (Fsp3) is 0.476. The van der Waals surface area contributed by atoms with Gasteiger partial charge in [-0.3, -0.25) is 14.4 Å². The summed E-state index contributed by atoms with van der Waals surface area (Å²) < 4.78 is 2.89. The molecule has 0 aliphatic heterocycles. The fourth-order valence-electron chi connectivity index (χ4n) is 3.26. The third-order valence-electron chi connectivity index (χ3n) is 4.96. The zero-order chi connectivity index (χ0) is 20.4. The smallest absolute Gasteiger partial charge is 0.278 e. The standard InChI is InChI=1S/C21H29N5OS.ClH/c1-7-26-17(13-15(3)23-26)20(27)25(12-8-11-24(5)6)21-22-19-16(4)14(2)9-10-18(19)28-21;/h9-10,13H,7-8,11-12H2,1-6H3;1H. The lowest BCUT2D eigenvalue weighted by Gasteiger charge is -2.21. The first-order valence-electron chi connectivity index (χ1n) is 9.69. The third kappa shape index (κ3) is 4.97. The van der Waals surface area contributed by atoms with Gasteiger partial charge in [-0.15, -0.1) is 12.4 Å². The molecular formula is C21H30ClN5OS. The summed E-state index contributed by atoms with van der Waals surface area (Å²) in [6, 6.07) is 6.09. The molecule has 6 nitrogen and oxygen atoms in total. The zero-order valence-corrected chi connectivity index (χ0v) is 19.7. The molecule has 2 heterocycles. The number of anilines is 1. The Labute approximate surface area is 182 Å². The lowest BCUT2D eigenvalue weighted by Crippen LogP contribution is -2.34. The van der Waals surface area contributed by atoms with Crippen LogP contribution in [0.1, 0.15) is 40.7 Å². The van der Waals surface area contributed by atoms with Crippen LogP contribution >= 0.6 is 23.7 Å². The van der Waals surface area contributed by atoms with Gasteiger partial charge in [0.25, 0.3) is 5.91 Å². The third-order valence-corrected chi connectivity index (χ3v) is 6.00. The molecule has 3 aromatic rings. The van der Waals surface area contributed by atoms with Crippen LogP contribution in [0.4, 0.5) is 5.13 Å². The second-order valence-corrected chi connectivity index (χ2v) is 8.46. The summed E-state index contributed by atoms with van der Waals surface area (Å²) in [6.07, 6.45) is 0.881. The molecule has 8 heteroatoms. The van der Waals surface area contributed by atoms with E-state index in [0.29, 0.717) is 18.8 Å². The van der Waals surface area contributed by atoms with Crippen LogP contribution in [0.5, 0.6) is 0 Å². The molecule has 0 bridgehead atoms. The van der Waals surface area contributed by atoms with Gasteiger partial charge >= 0.3 is 0 Å². The van der Waals surface area contributed by atoms with E-state index in [2.05, 4.69) is 36.0 Å². The van der Waals surface area contributed by atoms with Crippen molar-refractivity contribution in [1.29, 1.82) is 0 Å². The molecule has 1 amide bonds. The second-order valence-electron chi connectivity index (χ2n) is 7.45. The Bertz CT molecular complexity index is 995. The van der Waals surface area contributed by atoms with Crippen molar-refractivity contribution in [2.24, 2.45) is 0 Å². The van der Waals surface area contributed by atoms with Crippen molar-refractivity contribution in [3.63, 3.8) is 0 Å². The highest BCUT2D eigenvalue weighted by Crippen LogP contribution is 2.32. The topological polar surface area (TPSA) is 54.3 Å². The number of halogens is 1. The zero-order valence-electron chi connectivity index (χ0n) is 18.0. The SMILES string of the molecule is CCn1nc(C)cc1C(=O)N(CCCN(C)C)c1nc2c(C)c(C)ccc2s1.Cl. The highest BCUT2D eigenvalue weighted by molar-refractivity contribution is 7.22. The molecule has 0 fully saturated rings. The molecule has 0 unspecified atom stereocenters. The quantitative estimate of drug-likeness (QED) is 0.549. The number of carbonyl (C=O) groups excluding carboxylic acids is 1. The molecular weight excluding hydrogens is 406 g/mol. The summed E-state index contributed by atoms with van der Waals surface area (Å²) in [5.74, 6) is -0.0327. The number of aryl methyl sites for hydroxylation is 4. The van der Waals surface area contributed by atoms with Crippen molar-refractivity contribution in [3.05, 3.63) is 40.7 Å². The van der Waals surface area contributed by atoms with Gasteiger partial charge in [-0.05, 0) is 78.0 Å². The molecule has 0 spiro atoms. The first kappa shape index (κ1) is 23.3. The van der Waals surface area contributed by atoms with Gasteiger partial charge in [-0.2, -0.15) is 5.10 Å². The number of hydrogen-bond donors (Lipinski definition) is 0. The molecule has 0 N–H and O–H groups in total. The van der Waals surface area contributed by atoms with Crippen LogP contribution < -0.4 is 4.90 Å². The predicted octanol–water partition coefficient (Wildman–Crippen LogP) is 4.46. The Hall–Kier alpha value is -1.96. The van der Waals surface area contributed by atoms with Gasteiger partial charge in [0.15, 0.2) is 5.13 Å². The summed E-state index contributed by atoms with van der Waals surface area (Å²) in [5.41, 5.74) is 4.86. The summed E-state index contributed by atoms with van der Waals surface area (Å²) in [5, 5.41) is 5.21. The van der Waals surface area contributed by atoms with Gasteiger partial charge in [0.1, 0.15) is 5.69 Å². The molecule has 1 aromatic carbocycles. The van der Waals surface area contributed by atoms with E-state index >= 15 is 0 Å². The Balaban J connectivity index is 0.00000300. The summed E-state index contributed by atoms with van der Waals surface area (Å²) in [4.78, 5) is 22.3. The van der Waals surface area contributed by atoms with Crippen molar-refractivity contribution in [3.8, 4) is 0 Å². The van der Waals surface area contributed by atoms with E-state index < -0.39 is 0 Å². The summed E-state index contributed by atoms with van der Waals surface area (Å²) >= 11 is 1.58. The van der Waals surface area contributed by atoms with Crippen molar-refractivity contribution >= 4 is 45.0 Å². The molecule has 0 aliphatic carbocycles. The van der Waals surface area contributed by atoms with Crippen LogP contribution in [0.2, 0.25) is 0 Å². The maximum Gasteiger partial charge on any atom is 0.278 e. The summed E-state index contributed by atoms with van der Waals surface area (Å²) in [7, 11) is 4.09. The highest BCUT2D eigenvalue weighted by atomic mass is 35.5. The van der Waals surface area contributed by atoms with Crippen molar-refractivity contribution < 1.29 is 4.79 Å². The number of fused-ring (bicyclic) bond motifs is 1. The molecule has 0 aliphatic rings. The van der Waals surface area contributed by atoms with E-state index in [1.807, 2.05) is 38.9 Å².